The van der Waals surface area contributed by atoms with Gasteiger partial charge in [-0.2, -0.15) is 0 Å². The maximum Gasteiger partial charge on any atom is 0.183 e. The molecule has 30 heavy (non-hydrogen) atoms. The van der Waals surface area contributed by atoms with Crippen LogP contribution < -0.4 is 0 Å². The van der Waals surface area contributed by atoms with Gasteiger partial charge in [-0.05, 0) is 26.1 Å². The Hall–Kier alpha value is 0.177. The van der Waals surface area contributed by atoms with E-state index in [1.165, 1.54) is 148 Å². The normalized spacial score (nSPS) is 12.0. The molecule has 0 spiro atoms. The van der Waals surface area contributed by atoms with Crippen molar-refractivity contribution in [3.8, 4) is 0 Å². The Morgan fingerprint density at radius 3 is 0.833 bits per heavy atom. The second-order valence-corrected chi connectivity index (χ2v) is 15.3. The van der Waals surface area contributed by atoms with Crippen LogP contribution in [0, 0.1) is 0 Å². The molecule has 0 aliphatic heterocycles. The summed E-state index contributed by atoms with van der Waals surface area (Å²) in [5, 5.41) is 0. The smallest absolute Gasteiger partial charge is 0.183 e. The zero-order valence-corrected chi connectivity index (χ0v) is 22.9. The first-order chi connectivity index (χ1) is 14.6. The van der Waals surface area contributed by atoms with E-state index in [9.17, 15) is 0 Å². The van der Waals surface area contributed by atoms with E-state index >= 15 is 0 Å². The molecular weight excluding hydrogens is 380 g/mol. The summed E-state index contributed by atoms with van der Waals surface area (Å²) in [4.78, 5) is 0. The summed E-state index contributed by atoms with van der Waals surface area (Å²) in [5.74, 6) is 0. The van der Waals surface area contributed by atoms with Crippen molar-refractivity contribution in [3.63, 3.8) is 0 Å². The van der Waals surface area contributed by atoms with Gasteiger partial charge in [-0.15, -0.1) is 0 Å². The fraction of sp³-hybridized carbons (Fsp3) is 1.00. The van der Waals surface area contributed by atoms with Gasteiger partial charge in [-0.1, -0.05) is 148 Å². The molecule has 0 saturated heterocycles. The molecule has 0 rings (SSSR count). The number of hydrogen-bond donors (Lipinski definition) is 0. The molecule has 0 unspecified atom stereocenters. The van der Waals surface area contributed by atoms with E-state index in [0.29, 0.717) is 0 Å². The highest BCUT2D eigenvalue weighted by Gasteiger charge is 2.12. The Bertz CT molecular complexity index is 310. The summed E-state index contributed by atoms with van der Waals surface area (Å²) in [6.07, 6.45) is 33.4. The van der Waals surface area contributed by atoms with E-state index < -0.39 is 8.32 Å². The van der Waals surface area contributed by atoms with Crippen molar-refractivity contribution in [1.29, 1.82) is 0 Å². The van der Waals surface area contributed by atoms with Crippen LogP contribution in [0.25, 0.3) is 0 Å². The van der Waals surface area contributed by atoms with Crippen LogP contribution in [0.3, 0.4) is 0 Å². The minimum Gasteiger partial charge on any atom is -0.418 e. The molecule has 0 aromatic heterocycles. The number of rotatable bonds is 25. The van der Waals surface area contributed by atoms with Crippen LogP contribution in [0.5, 0.6) is 0 Å². The lowest BCUT2D eigenvalue weighted by atomic mass is 10.0. The van der Waals surface area contributed by atoms with E-state index in [1.54, 1.807) is 0 Å². The van der Waals surface area contributed by atoms with E-state index in [4.69, 9.17) is 4.43 Å². The third-order valence-electron chi connectivity index (χ3n) is 6.28. The Labute approximate surface area is 193 Å². The first-order valence-electron chi connectivity index (χ1n) is 14.2. The highest BCUT2D eigenvalue weighted by atomic mass is 28.4. The zero-order chi connectivity index (χ0) is 22.2. The monoisotopic (exact) mass is 440 g/mol. The molecule has 0 bridgehead atoms. The van der Waals surface area contributed by atoms with Crippen molar-refractivity contribution in [3.05, 3.63) is 0 Å². The third-order valence-corrected chi connectivity index (χ3v) is 7.35. The van der Waals surface area contributed by atoms with E-state index in [-0.39, 0.29) is 0 Å². The average molecular weight is 441 g/mol. The predicted octanol–water partition coefficient (Wildman–Crippen LogP) is 10.8. The predicted molar refractivity (Wildman–Crippen MR) is 141 cm³/mol. The minimum atomic E-state index is -1.28. The highest BCUT2D eigenvalue weighted by molar-refractivity contribution is 6.69. The van der Waals surface area contributed by atoms with Gasteiger partial charge < -0.3 is 4.43 Å². The first kappa shape index (κ1) is 30.2. The van der Waals surface area contributed by atoms with Crippen LogP contribution >= 0.6 is 0 Å². The number of unbranched alkanes of at least 4 members (excludes halogenated alkanes) is 22. The molecule has 2 heteroatoms. The third kappa shape index (κ3) is 28.2. The molecule has 0 aromatic carbocycles. The van der Waals surface area contributed by atoms with E-state index in [2.05, 4.69) is 26.6 Å². The van der Waals surface area contributed by atoms with Crippen LogP contribution in [0.1, 0.15) is 155 Å². The summed E-state index contributed by atoms with van der Waals surface area (Å²) in [6, 6.07) is 0. The molecular formula is C28H60OSi. The van der Waals surface area contributed by atoms with Gasteiger partial charge in [0.2, 0.25) is 0 Å². The zero-order valence-electron chi connectivity index (χ0n) is 21.9. The van der Waals surface area contributed by atoms with Gasteiger partial charge in [0.25, 0.3) is 0 Å². The van der Waals surface area contributed by atoms with Crippen molar-refractivity contribution >= 4 is 8.32 Å². The molecule has 0 fully saturated rings. The molecule has 0 amide bonds. The Morgan fingerprint density at radius 1 is 0.367 bits per heavy atom. The summed E-state index contributed by atoms with van der Waals surface area (Å²) < 4.78 is 5.92. The lowest BCUT2D eigenvalue weighted by Gasteiger charge is -2.16. The van der Waals surface area contributed by atoms with Gasteiger partial charge in [0.15, 0.2) is 8.32 Å². The van der Waals surface area contributed by atoms with Crippen molar-refractivity contribution < 1.29 is 4.43 Å². The summed E-state index contributed by atoms with van der Waals surface area (Å²) in [5.41, 5.74) is 0. The topological polar surface area (TPSA) is 9.23 Å². The summed E-state index contributed by atoms with van der Waals surface area (Å²) in [6.45, 7) is 10.1. The van der Waals surface area contributed by atoms with Gasteiger partial charge in [0, 0.05) is 6.61 Å². The second kappa shape index (κ2) is 23.8. The van der Waals surface area contributed by atoms with E-state index in [0.717, 1.165) is 6.61 Å². The molecule has 0 N–H and O–H groups in total. The molecule has 0 atom stereocenters. The average Bonchev–Trinajstić information content (AvgIpc) is 2.70. The fourth-order valence-electron chi connectivity index (χ4n) is 4.27. The lowest BCUT2D eigenvalue weighted by Crippen LogP contribution is -2.25. The molecule has 1 nitrogen and oxygen atoms in total. The Morgan fingerprint density at radius 2 is 0.600 bits per heavy atom. The van der Waals surface area contributed by atoms with Gasteiger partial charge >= 0.3 is 0 Å². The van der Waals surface area contributed by atoms with Gasteiger partial charge in [-0.3, -0.25) is 0 Å². The maximum atomic E-state index is 5.92. The molecule has 182 valence electrons. The van der Waals surface area contributed by atoms with Crippen LogP contribution in [-0.4, -0.2) is 14.9 Å². The van der Waals surface area contributed by atoms with Crippen molar-refractivity contribution in [2.24, 2.45) is 0 Å². The van der Waals surface area contributed by atoms with Gasteiger partial charge in [0.05, 0.1) is 0 Å². The van der Waals surface area contributed by atoms with Crippen molar-refractivity contribution in [2.45, 2.75) is 174 Å². The van der Waals surface area contributed by atoms with Crippen LogP contribution in [0.2, 0.25) is 19.6 Å². The second-order valence-electron chi connectivity index (χ2n) is 10.7. The quantitative estimate of drug-likeness (QED) is 0.101. The van der Waals surface area contributed by atoms with Gasteiger partial charge in [-0.25, -0.2) is 0 Å². The minimum absolute atomic E-state index is 0.995. The molecule has 0 saturated carbocycles. The van der Waals surface area contributed by atoms with Gasteiger partial charge in [0.1, 0.15) is 0 Å². The molecule has 0 aliphatic carbocycles. The SMILES string of the molecule is CCCCCCCCCCCCCCCCCCCCCCCCCO[Si](C)(C)C. The van der Waals surface area contributed by atoms with E-state index in [1.807, 2.05) is 0 Å². The van der Waals surface area contributed by atoms with Crippen molar-refractivity contribution in [2.75, 3.05) is 6.61 Å². The molecule has 0 radical (unpaired) electrons. The number of hydrogen-bond acceptors (Lipinski definition) is 1. The maximum absolute atomic E-state index is 5.92. The molecule has 0 aliphatic rings. The molecule has 0 aromatic rings. The lowest BCUT2D eigenvalue weighted by molar-refractivity contribution is 0.298. The van der Waals surface area contributed by atoms with Crippen LogP contribution in [0.15, 0.2) is 0 Å². The summed E-state index contributed by atoms with van der Waals surface area (Å²) in [7, 11) is -1.28. The molecule has 0 heterocycles. The largest absolute Gasteiger partial charge is 0.418 e. The Balaban J connectivity index is 3.02. The Kier molecular flexibility index (Phi) is 24.0. The fourth-order valence-corrected chi connectivity index (χ4v) is 5.02. The van der Waals surface area contributed by atoms with Crippen molar-refractivity contribution in [1.82, 2.24) is 0 Å². The van der Waals surface area contributed by atoms with Crippen LogP contribution in [-0.2, 0) is 4.43 Å². The summed E-state index contributed by atoms with van der Waals surface area (Å²) >= 11 is 0. The van der Waals surface area contributed by atoms with Crippen LogP contribution in [0.4, 0.5) is 0 Å². The first-order valence-corrected chi connectivity index (χ1v) is 17.6. The standard InChI is InChI=1S/C28H60OSi/c1-5-6-7-8-9-10-11-12-13-14-15-16-17-18-19-20-21-22-23-24-25-26-27-28-29-30(2,3)4/h5-28H2,1-4H3. The highest BCUT2D eigenvalue weighted by Crippen LogP contribution is 2.15.